The molecule has 1 fully saturated rings. The molecule has 18 heavy (non-hydrogen) atoms. The summed E-state index contributed by atoms with van der Waals surface area (Å²) in [6, 6.07) is 7.90. The van der Waals surface area contributed by atoms with Gasteiger partial charge in [0.15, 0.2) is 0 Å². The molecule has 2 atom stereocenters. The molecule has 2 rings (SSSR count). The van der Waals surface area contributed by atoms with Crippen molar-refractivity contribution in [2.45, 2.75) is 32.3 Å². The Morgan fingerprint density at radius 3 is 2.72 bits per heavy atom. The van der Waals surface area contributed by atoms with E-state index in [0.717, 1.165) is 43.9 Å². The number of benzene rings is 1. The number of hydrogen-bond acceptors (Lipinski definition) is 3. The summed E-state index contributed by atoms with van der Waals surface area (Å²) in [5.41, 5.74) is 0.300. The van der Waals surface area contributed by atoms with Crippen molar-refractivity contribution in [1.29, 1.82) is 0 Å². The Balaban J connectivity index is 2.12. The third-order valence-corrected chi connectivity index (χ3v) is 3.78. The van der Waals surface area contributed by atoms with Crippen LogP contribution in [0.2, 0.25) is 0 Å². The van der Waals surface area contributed by atoms with Crippen LogP contribution in [0.4, 0.5) is 0 Å². The molecule has 3 heteroatoms. The lowest BCUT2D eigenvalue weighted by Crippen LogP contribution is -2.46. The van der Waals surface area contributed by atoms with E-state index >= 15 is 0 Å². The molecule has 1 saturated heterocycles. The van der Waals surface area contributed by atoms with Crippen LogP contribution in [0.1, 0.15) is 32.3 Å². The number of nitrogens with one attached hydrogen (secondary N) is 1. The van der Waals surface area contributed by atoms with Gasteiger partial charge in [-0.25, -0.2) is 0 Å². The minimum absolute atomic E-state index is 0.230. The van der Waals surface area contributed by atoms with E-state index in [-0.39, 0.29) is 5.92 Å². The molecule has 2 unspecified atom stereocenters. The largest absolute Gasteiger partial charge is 0.494 e. The SMILES string of the molecule is CCCOc1ccc(C2(O)CCNCC2C)cc1. The van der Waals surface area contributed by atoms with Crippen LogP contribution in [0.15, 0.2) is 24.3 Å². The molecule has 100 valence electrons. The van der Waals surface area contributed by atoms with Crippen molar-refractivity contribution in [3.05, 3.63) is 29.8 Å². The van der Waals surface area contributed by atoms with Gasteiger partial charge in [-0.15, -0.1) is 0 Å². The van der Waals surface area contributed by atoms with E-state index in [1.165, 1.54) is 0 Å². The molecule has 1 aromatic carbocycles. The van der Waals surface area contributed by atoms with Crippen LogP contribution in [0.5, 0.6) is 5.75 Å². The van der Waals surface area contributed by atoms with E-state index in [9.17, 15) is 5.11 Å². The Kier molecular flexibility index (Phi) is 4.25. The normalized spacial score (nSPS) is 28.1. The summed E-state index contributed by atoms with van der Waals surface area (Å²) in [6.45, 7) is 6.66. The van der Waals surface area contributed by atoms with Gasteiger partial charge in [0.05, 0.1) is 12.2 Å². The molecule has 0 amide bonds. The molecule has 0 bridgehead atoms. The molecule has 0 spiro atoms. The quantitative estimate of drug-likeness (QED) is 0.860. The summed E-state index contributed by atoms with van der Waals surface area (Å²) in [7, 11) is 0. The van der Waals surface area contributed by atoms with E-state index in [1.54, 1.807) is 0 Å². The third-order valence-electron chi connectivity index (χ3n) is 3.78. The fourth-order valence-electron chi connectivity index (χ4n) is 2.50. The summed E-state index contributed by atoms with van der Waals surface area (Å²) in [5.74, 6) is 1.11. The lowest BCUT2D eigenvalue weighted by molar-refractivity contribution is -0.0392. The van der Waals surface area contributed by atoms with E-state index < -0.39 is 5.60 Å². The van der Waals surface area contributed by atoms with Crippen LogP contribution < -0.4 is 10.1 Å². The predicted octanol–water partition coefficient (Wildman–Crippen LogP) is 2.29. The van der Waals surface area contributed by atoms with Crippen LogP contribution >= 0.6 is 0 Å². The molecule has 0 saturated carbocycles. The number of rotatable bonds is 4. The van der Waals surface area contributed by atoms with E-state index in [4.69, 9.17) is 4.74 Å². The van der Waals surface area contributed by atoms with E-state index in [0.29, 0.717) is 0 Å². The average Bonchev–Trinajstić information content (AvgIpc) is 2.40. The first-order chi connectivity index (χ1) is 8.66. The maximum Gasteiger partial charge on any atom is 0.119 e. The van der Waals surface area contributed by atoms with Gasteiger partial charge in [0.25, 0.3) is 0 Å². The number of ether oxygens (including phenoxy) is 1. The Morgan fingerprint density at radius 1 is 1.39 bits per heavy atom. The smallest absolute Gasteiger partial charge is 0.119 e. The molecule has 2 N–H and O–H groups in total. The fourth-order valence-corrected chi connectivity index (χ4v) is 2.50. The van der Waals surface area contributed by atoms with Gasteiger partial charge in [0.1, 0.15) is 5.75 Å². The van der Waals surface area contributed by atoms with Gasteiger partial charge in [-0.1, -0.05) is 26.0 Å². The molecule has 1 heterocycles. The molecule has 0 radical (unpaired) electrons. The summed E-state index contributed by atoms with van der Waals surface area (Å²) >= 11 is 0. The Labute approximate surface area is 109 Å². The predicted molar refractivity (Wildman–Crippen MR) is 72.8 cm³/mol. The van der Waals surface area contributed by atoms with Gasteiger partial charge in [0.2, 0.25) is 0 Å². The lowest BCUT2D eigenvalue weighted by atomic mass is 9.77. The van der Waals surface area contributed by atoms with Crippen molar-refractivity contribution in [3.8, 4) is 5.75 Å². The number of hydrogen-bond donors (Lipinski definition) is 2. The molecule has 3 nitrogen and oxygen atoms in total. The second kappa shape index (κ2) is 5.72. The minimum atomic E-state index is -0.700. The first-order valence-electron chi connectivity index (χ1n) is 6.83. The van der Waals surface area contributed by atoms with Crippen LogP contribution in [0.25, 0.3) is 0 Å². The van der Waals surface area contributed by atoms with Crippen molar-refractivity contribution in [3.63, 3.8) is 0 Å². The Morgan fingerprint density at radius 2 is 2.11 bits per heavy atom. The fraction of sp³-hybridized carbons (Fsp3) is 0.600. The van der Waals surface area contributed by atoms with Crippen molar-refractivity contribution in [1.82, 2.24) is 5.32 Å². The molecule has 0 aliphatic carbocycles. The Hall–Kier alpha value is -1.06. The first-order valence-corrected chi connectivity index (χ1v) is 6.83. The van der Waals surface area contributed by atoms with Crippen LogP contribution in [0.3, 0.4) is 0 Å². The zero-order chi connectivity index (χ0) is 13.0. The van der Waals surface area contributed by atoms with Gasteiger partial charge >= 0.3 is 0 Å². The highest BCUT2D eigenvalue weighted by atomic mass is 16.5. The maximum absolute atomic E-state index is 10.8. The lowest BCUT2D eigenvalue weighted by Gasteiger charge is -2.39. The van der Waals surface area contributed by atoms with Gasteiger partial charge in [0, 0.05) is 12.5 Å². The molecule has 1 aliphatic rings. The monoisotopic (exact) mass is 249 g/mol. The van der Waals surface area contributed by atoms with Crippen molar-refractivity contribution in [2.24, 2.45) is 5.92 Å². The topological polar surface area (TPSA) is 41.5 Å². The highest BCUT2D eigenvalue weighted by Gasteiger charge is 2.37. The standard InChI is InChI=1S/C15H23NO2/c1-3-10-18-14-6-4-13(5-7-14)15(17)8-9-16-11-12(15)2/h4-7,12,16-17H,3,8-11H2,1-2H3. The highest BCUT2D eigenvalue weighted by molar-refractivity contribution is 5.31. The highest BCUT2D eigenvalue weighted by Crippen LogP contribution is 2.35. The summed E-state index contributed by atoms with van der Waals surface area (Å²) in [5, 5.41) is 14.1. The molecule has 1 aromatic rings. The number of aliphatic hydroxyl groups is 1. The zero-order valence-electron chi connectivity index (χ0n) is 11.3. The van der Waals surface area contributed by atoms with Crippen molar-refractivity contribution < 1.29 is 9.84 Å². The third kappa shape index (κ3) is 2.68. The van der Waals surface area contributed by atoms with Gasteiger partial charge in [-0.2, -0.15) is 0 Å². The molecular weight excluding hydrogens is 226 g/mol. The second-order valence-electron chi connectivity index (χ2n) is 5.15. The molecule has 1 aliphatic heterocycles. The van der Waals surface area contributed by atoms with E-state index in [1.807, 2.05) is 24.3 Å². The van der Waals surface area contributed by atoms with Gasteiger partial charge in [-0.05, 0) is 37.1 Å². The summed E-state index contributed by atoms with van der Waals surface area (Å²) in [4.78, 5) is 0. The summed E-state index contributed by atoms with van der Waals surface area (Å²) < 4.78 is 5.56. The van der Waals surface area contributed by atoms with Crippen LogP contribution in [0, 0.1) is 5.92 Å². The number of piperidine rings is 1. The summed E-state index contributed by atoms with van der Waals surface area (Å²) in [6.07, 6.45) is 1.78. The van der Waals surface area contributed by atoms with Crippen LogP contribution in [-0.4, -0.2) is 24.8 Å². The maximum atomic E-state index is 10.8. The van der Waals surface area contributed by atoms with Gasteiger partial charge in [-0.3, -0.25) is 0 Å². The van der Waals surface area contributed by atoms with Crippen molar-refractivity contribution in [2.75, 3.05) is 19.7 Å². The van der Waals surface area contributed by atoms with Crippen LogP contribution in [-0.2, 0) is 5.60 Å². The second-order valence-corrected chi connectivity index (χ2v) is 5.15. The van der Waals surface area contributed by atoms with Gasteiger partial charge < -0.3 is 15.2 Å². The Bertz CT molecular complexity index is 377. The van der Waals surface area contributed by atoms with E-state index in [2.05, 4.69) is 19.2 Å². The average molecular weight is 249 g/mol. The zero-order valence-corrected chi connectivity index (χ0v) is 11.3. The first kappa shape index (κ1) is 13.4. The molecule has 0 aromatic heterocycles. The van der Waals surface area contributed by atoms with Crippen molar-refractivity contribution >= 4 is 0 Å². The minimum Gasteiger partial charge on any atom is -0.494 e. The molecular formula is C15H23NO2.